The van der Waals surface area contributed by atoms with E-state index in [4.69, 9.17) is 0 Å². The van der Waals surface area contributed by atoms with E-state index in [1.165, 1.54) is 135 Å². The van der Waals surface area contributed by atoms with Crippen molar-refractivity contribution in [3.8, 4) is 0 Å². The highest BCUT2D eigenvalue weighted by Crippen LogP contribution is 2.14. The van der Waals surface area contributed by atoms with Crippen molar-refractivity contribution in [1.29, 1.82) is 0 Å². The minimum Gasteiger partial charge on any atom is -0.317 e. The SMILES string of the molecule is CCCCCCCCCCCCCCCCCCCCCCNCC.Cl. The summed E-state index contributed by atoms with van der Waals surface area (Å²) in [6.45, 7) is 6.83. The van der Waals surface area contributed by atoms with Crippen molar-refractivity contribution in [2.75, 3.05) is 13.1 Å². The van der Waals surface area contributed by atoms with Gasteiger partial charge < -0.3 is 5.32 Å². The lowest BCUT2D eigenvalue weighted by atomic mass is 10.0. The fourth-order valence-corrected chi connectivity index (χ4v) is 3.68. The molecule has 0 aliphatic rings. The van der Waals surface area contributed by atoms with E-state index in [0.29, 0.717) is 0 Å². The highest BCUT2D eigenvalue weighted by molar-refractivity contribution is 5.85. The third-order valence-corrected chi connectivity index (χ3v) is 5.46. The molecule has 2 heteroatoms. The molecule has 0 aromatic rings. The third-order valence-electron chi connectivity index (χ3n) is 5.46. The summed E-state index contributed by atoms with van der Waals surface area (Å²) in [6.07, 6.45) is 29.3. The number of rotatable bonds is 22. The van der Waals surface area contributed by atoms with Crippen LogP contribution in [-0.4, -0.2) is 13.1 Å². The Morgan fingerprint density at radius 2 is 0.654 bits per heavy atom. The molecular weight excluding hydrogens is 338 g/mol. The predicted molar refractivity (Wildman–Crippen MR) is 124 cm³/mol. The lowest BCUT2D eigenvalue weighted by molar-refractivity contribution is 0.520. The molecular formula is C24H52ClN. The van der Waals surface area contributed by atoms with Crippen LogP contribution >= 0.6 is 12.4 Å². The van der Waals surface area contributed by atoms with Gasteiger partial charge in [0.25, 0.3) is 0 Å². The molecule has 0 heterocycles. The van der Waals surface area contributed by atoms with Crippen molar-refractivity contribution in [3.05, 3.63) is 0 Å². The van der Waals surface area contributed by atoms with Gasteiger partial charge in [0, 0.05) is 0 Å². The van der Waals surface area contributed by atoms with E-state index in [1.54, 1.807) is 0 Å². The highest BCUT2D eigenvalue weighted by Gasteiger charge is 1.95. The second-order valence-corrected chi connectivity index (χ2v) is 8.07. The van der Waals surface area contributed by atoms with E-state index in [0.717, 1.165) is 6.54 Å². The summed E-state index contributed by atoms with van der Waals surface area (Å²) in [6, 6.07) is 0. The molecule has 1 nitrogen and oxygen atoms in total. The Balaban J connectivity index is 0. The summed E-state index contributed by atoms with van der Waals surface area (Å²) >= 11 is 0. The molecule has 0 aliphatic heterocycles. The lowest BCUT2D eigenvalue weighted by Crippen LogP contribution is -2.13. The Labute approximate surface area is 173 Å². The van der Waals surface area contributed by atoms with E-state index >= 15 is 0 Å². The van der Waals surface area contributed by atoms with Crippen LogP contribution in [0.4, 0.5) is 0 Å². The summed E-state index contributed by atoms with van der Waals surface area (Å²) < 4.78 is 0. The zero-order valence-corrected chi connectivity index (χ0v) is 19.3. The first kappa shape index (κ1) is 28.5. The fraction of sp³-hybridized carbons (Fsp3) is 1.00. The summed E-state index contributed by atoms with van der Waals surface area (Å²) in [4.78, 5) is 0. The molecule has 0 saturated heterocycles. The van der Waals surface area contributed by atoms with Crippen LogP contribution in [0.1, 0.15) is 142 Å². The molecule has 0 aromatic carbocycles. The molecule has 1 N–H and O–H groups in total. The Bertz CT molecular complexity index is 198. The zero-order chi connectivity index (χ0) is 18.3. The standard InChI is InChI=1S/C24H51N.ClH/c1-3-5-6-7-8-9-10-11-12-13-14-15-16-17-18-19-20-21-22-23-24-25-4-2;/h25H,3-24H2,1-2H3;1H. The number of hydrogen-bond donors (Lipinski definition) is 1. The molecule has 0 aliphatic carbocycles. The number of unbranched alkanes of at least 4 members (excludes halogenated alkanes) is 19. The number of halogens is 1. The topological polar surface area (TPSA) is 12.0 Å². The van der Waals surface area contributed by atoms with Gasteiger partial charge in [-0.2, -0.15) is 0 Å². The van der Waals surface area contributed by atoms with Gasteiger partial charge in [-0.3, -0.25) is 0 Å². The van der Waals surface area contributed by atoms with Gasteiger partial charge in [0.2, 0.25) is 0 Å². The van der Waals surface area contributed by atoms with Gasteiger partial charge in [-0.1, -0.05) is 136 Å². The van der Waals surface area contributed by atoms with Crippen molar-refractivity contribution in [2.45, 2.75) is 142 Å². The molecule has 0 radical (unpaired) electrons. The van der Waals surface area contributed by atoms with Crippen molar-refractivity contribution in [3.63, 3.8) is 0 Å². The monoisotopic (exact) mass is 389 g/mol. The largest absolute Gasteiger partial charge is 0.317 e. The summed E-state index contributed by atoms with van der Waals surface area (Å²) in [5.74, 6) is 0. The molecule has 0 aromatic heterocycles. The number of hydrogen-bond acceptors (Lipinski definition) is 1. The Kier molecular flexibility index (Phi) is 30.1. The van der Waals surface area contributed by atoms with Crippen molar-refractivity contribution >= 4 is 12.4 Å². The van der Waals surface area contributed by atoms with Crippen LogP contribution in [0.2, 0.25) is 0 Å². The van der Waals surface area contributed by atoms with Crippen LogP contribution < -0.4 is 5.32 Å². The quantitative estimate of drug-likeness (QED) is 0.182. The Morgan fingerprint density at radius 1 is 0.385 bits per heavy atom. The second-order valence-electron chi connectivity index (χ2n) is 8.07. The summed E-state index contributed by atoms with van der Waals surface area (Å²) in [7, 11) is 0. The Hall–Kier alpha value is 0.250. The van der Waals surface area contributed by atoms with E-state index in [-0.39, 0.29) is 12.4 Å². The van der Waals surface area contributed by atoms with Crippen LogP contribution in [0.15, 0.2) is 0 Å². The van der Waals surface area contributed by atoms with E-state index in [9.17, 15) is 0 Å². The molecule has 0 saturated carbocycles. The maximum absolute atomic E-state index is 3.41. The third kappa shape index (κ3) is 26.5. The minimum atomic E-state index is 0. The Morgan fingerprint density at radius 3 is 0.923 bits per heavy atom. The molecule has 0 fully saturated rings. The second kappa shape index (κ2) is 27.5. The fourth-order valence-electron chi connectivity index (χ4n) is 3.68. The van der Waals surface area contributed by atoms with Gasteiger partial charge >= 0.3 is 0 Å². The first-order valence-electron chi connectivity index (χ1n) is 12.1. The van der Waals surface area contributed by atoms with Gasteiger partial charge in [-0.05, 0) is 19.5 Å². The van der Waals surface area contributed by atoms with Gasteiger partial charge in [0.1, 0.15) is 0 Å². The molecule has 0 atom stereocenters. The molecule has 0 amide bonds. The molecule has 0 unspecified atom stereocenters. The summed E-state index contributed by atoms with van der Waals surface area (Å²) in [5, 5.41) is 3.41. The van der Waals surface area contributed by atoms with E-state index in [1.807, 2.05) is 0 Å². The average molecular weight is 390 g/mol. The van der Waals surface area contributed by atoms with Crippen molar-refractivity contribution < 1.29 is 0 Å². The van der Waals surface area contributed by atoms with Gasteiger partial charge in [0.15, 0.2) is 0 Å². The van der Waals surface area contributed by atoms with Crippen LogP contribution in [0.25, 0.3) is 0 Å². The maximum Gasteiger partial charge on any atom is -0.00490 e. The van der Waals surface area contributed by atoms with Gasteiger partial charge in [-0.15, -0.1) is 12.4 Å². The predicted octanol–water partition coefficient (Wildman–Crippen LogP) is 8.84. The average Bonchev–Trinajstić information content (AvgIpc) is 2.63. The molecule has 0 bridgehead atoms. The first-order valence-corrected chi connectivity index (χ1v) is 12.1. The normalized spacial score (nSPS) is 10.8. The summed E-state index contributed by atoms with van der Waals surface area (Å²) in [5.41, 5.74) is 0. The molecule has 160 valence electrons. The minimum absolute atomic E-state index is 0. The molecule has 26 heavy (non-hydrogen) atoms. The van der Waals surface area contributed by atoms with E-state index < -0.39 is 0 Å². The van der Waals surface area contributed by atoms with Crippen LogP contribution in [0.5, 0.6) is 0 Å². The zero-order valence-electron chi connectivity index (χ0n) is 18.5. The maximum atomic E-state index is 3.41. The van der Waals surface area contributed by atoms with Crippen LogP contribution in [-0.2, 0) is 0 Å². The first-order chi connectivity index (χ1) is 12.4. The van der Waals surface area contributed by atoms with Gasteiger partial charge in [0.05, 0.1) is 0 Å². The van der Waals surface area contributed by atoms with Gasteiger partial charge in [-0.25, -0.2) is 0 Å². The number of nitrogens with one attached hydrogen (secondary N) is 1. The van der Waals surface area contributed by atoms with Crippen LogP contribution in [0.3, 0.4) is 0 Å². The smallest absolute Gasteiger partial charge is 0.00490 e. The van der Waals surface area contributed by atoms with Crippen molar-refractivity contribution in [2.24, 2.45) is 0 Å². The van der Waals surface area contributed by atoms with E-state index in [2.05, 4.69) is 19.2 Å². The van der Waals surface area contributed by atoms with Crippen molar-refractivity contribution in [1.82, 2.24) is 5.32 Å². The molecule has 0 spiro atoms. The molecule has 0 rings (SSSR count). The van der Waals surface area contributed by atoms with Crippen LogP contribution in [0, 0.1) is 0 Å². The highest BCUT2D eigenvalue weighted by atomic mass is 35.5. The lowest BCUT2D eigenvalue weighted by Gasteiger charge is -2.04.